The van der Waals surface area contributed by atoms with E-state index in [4.69, 9.17) is 11.6 Å². The summed E-state index contributed by atoms with van der Waals surface area (Å²) in [6.07, 6.45) is 4.61. The fourth-order valence-corrected chi connectivity index (χ4v) is 1.59. The summed E-state index contributed by atoms with van der Waals surface area (Å²) in [6, 6.07) is 1.60. The van der Waals surface area contributed by atoms with E-state index in [1.807, 2.05) is 6.92 Å². The zero-order valence-electron chi connectivity index (χ0n) is 9.70. The Bertz CT molecular complexity index is 540. The van der Waals surface area contributed by atoms with Crippen LogP contribution in [0.5, 0.6) is 0 Å². The van der Waals surface area contributed by atoms with Crippen LogP contribution in [0.3, 0.4) is 0 Å². The molecule has 0 atom stereocenters. The molecule has 2 rings (SSSR count). The summed E-state index contributed by atoms with van der Waals surface area (Å²) < 4.78 is 0. The number of rotatable bonds is 4. The summed E-state index contributed by atoms with van der Waals surface area (Å²) in [7, 11) is 0. The average molecular weight is 266 g/mol. The van der Waals surface area contributed by atoms with Gasteiger partial charge in [-0.1, -0.05) is 11.6 Å². The van der Waals surface area contributed by atoms with Crippen molar-refractivity contribution in [1.29, 1.82) is 0 Å². The molecule has 0 bridgehead atoms. The number of carbonyl (C=O) groups excluding carboxylic acids is 1. The molecule has 94 valence electrons. The number of hydrogen-bond acceptors (Lipinski definition) is 4. The Balaban J connectivity index is 2.20. The van der Waals surface area contributed by atoms with Crippen LogP contribution in [0.25, 0.3) is 0 Å². The zero-order chi connectivity index (χ0) is 13.0. The van der Waals surface area contributed by atoms with Crippen LogP contribution in [0.1, 0.15) is 17.3 Å². The van der Waals surface area contributed by atoms with Crippen molar-refractivity contribution in [3.05, 3.63) is 35.2 Å². The number of imidazole rings is 1. The number of aromatic nitrogens is 3. The van der Waals surface area contributed by atoms with Gasteiger partial charge < -0.3 is 10.3 Å². The summed E-state index contributed by atoms with van der Waals surface area (Å²) in [6.45, 7) is 2.66. The maximum absolute atomic E-state index is 12.0. The number of pyridine rings is 1. The Morgan fingerprint density at radius 2 is 2.33 bits per heavy atom. The van der Waals surface area contributed by atoms with E-state index in [2.05, 4.69) is 25.6 Å². The minimum Gasteiger partial charge on any atom is -0.370 e. The number of anilines is 2. The van der Waals surface area contributed by atoms with Gasteiger partial charge >= 0.3 is 0 Å². The second-order valence-corrected chi connectivity index (χ2v) is 3.88. The van der Waals surface area contributed by atoms with Crippen molar-refractivity contribution in [2.45, 2.75) is 6.92 Å². The van der Waals surface area contributed by atoms with Crippen molar-refractivity contribution in [3.8, 4) is 0 Å². The van der Waals surface area contributed by atoms with Crippen LogP contribution in [0.4, 0.5) is 11.8 Å². The lowest BCUT2D eigenvalue weighted by Gasteiger charge is -2.07. The van der Waals surface area contributed by atoms with E-state index < -0.39 is 0 Å². The summed E-state index contributed by atoms with van der Waals surface area (Å²) >= 11 is 5.95. The van der Waals surface area contributed by atoms with Gasteiger partial charge in [-0.15, -0.1) is 0 Å². The minimum atomic E-state index is -0.337. The largest absolute Gasteiger partial charge is 0.370 e. The van der Waals surface area contributed by atoms with Gasteiger partial charge in [0.1, 0.15) is 5.82 Å². The number of nitrogens with zero attached hydrogens (tertiary/aromatic N) is 2. The Labute approximate surface area is 109 Å². The fourth-order valence-electron chi connectivity index (χ4n) is 1.40. The normalized spacial score (nSPS) is 10.1. The molecule has 18 heavy (non-hydrogen) atoms. The molecule has 0 radical (unpaired) electrons. The highest BCUT2D eigenvalue weighted by molar-refractivity contribution is 6.34. The van der Waals surface area contributed by atoms with Crippen LogP contribution in [-0.2, 0) is 0 Å². The molecule has 3 N–H and O–H groups in total. The van der Waals surface area contributed by atoms with Gasteiger partial charge in [-0.05, 0) is 13.0 Å². The molecule has 2 heterocycles. The smallest absolute Gasteiger partial charge is 0.259 e. The molecule has 0 spiro atoms. The first-order chi connectivity index (χ1) is 8.70. The molecule has 0 saturated carbocycles. The second kappa shape index (κ2) is 5.50. The molecule has 2 aromatic rings. The van der Waals surface area contributed by atoms with Crippen LogP contribution in [-0.4, -0.2) is 27.4 Å². The van der Waals surface area contributed by atoms with Gasteiger partial charge in [0.05, 0.1) is 10.6 Å². The number of aromatic amines is 1. The minimum absolute atomic E-state index is 0.292. The van der Waals surface area contributed by atoms with E-state index in [0.717, 1.165) is 0 Å². The van der Waals surface area contributed by atoms with E-state index in [-0.39, 0.29) is 5.91 Å². The average Bonchev–Trinajstić information content (AvgIpc) is 2.84. The predicted octanol–water partition coefficient (Wildman–Crippen LogP) is 2.14. The summed E-state index contributed by atoms with van der Waals surface area (Å²) in [5, 5.41) is 5.91. The SMILES string of the molecule is CCNc1cc(C(=O)Nc2ncc[nH]2)c(Cl)cn1. The van der Waals surface area contributed by atoms with Gasteiger partial charge in [0.15, 0.2) is 0 Å². The molecule has 0 aliphatic carbocycles. The highest BCUT2D eigenvalue weighted by atomic mass is 35.5. The Morgan fingerprint density at radius 3 is 3.00 bits per heavy atom. The Hall–Kier alpha value is -2.08. The van der Waals surface area contributed by atoms with E-state index >= 15 is 0 Å². The van der Waals surface area contributed by atoms with Crippen LogP contribution >= 0.6 is 11.6 Å². The predicted molar refractivity (Wildman–Crippen MR) is 70.0 cm³/mol. The van der Waals surface area contributed by atoms with Crippen LogP contribution < -0.4 is 10.6 Å². The number of carbonyl (C=O) groups is 1. The van der Waals surface area contributed by atoms with Gasteiger partial charge in [0.25, 0.3) is 5.91 Å². The van der Waals surface area contributed by atoms with Crippen molar-refractivity contribution in [1.82, 2.24) is 15.0 Å². The molecule has 1 amide bonds. The van der Waals surface area contributed by atoms with E-state index in [9.17, 15) is 4.79 Å². The van der Waals surface area contributed by atoms with Crippen molar-refractivity contribution >= 4 is 29.3 Å². The third-order valence-electron chi connectivity index (χ3n) is 2.19. The lowest BCUT2D eigenvalue weighted by Crippen LogP contribution is -2.14. The summed E-state index contributed by atoms with van der Waals surface area (Å²) in [4.78, 5) is 22.7. The van der Waals surface area contributed by atoms with Crippen molar-refractivity contribution in [2.75, 3.05) is 17.2 Å². The molecule has 0 unspecified atom stereocenters. The molecule has 2 aromatic heterocycles. The number of H-pyrrole nitrogens is 1. The molecule has 0 saturated heterocycles. The third kappa shape index (κ3) is 2.78. The number of halogens is 1. The molecule has 0 aliphatic rings. The van der Waals surface area contributed by atoms with Crippen LogP contribution in [0.15, 0.2) is 24.7 Å². The summed E-state index contributed by atoms with van der Waals surface area (Å²) in [5.74, 6) is 0.640. The van der Waals surface area contributed by atoms with Crippen molar-refractivity contribution < 1.29 is 4.79 Å². The van der Waals surface area contributed by atoms with E-state index in [0.29, 0.717) is 28.9 Å². The van der Waals surface area contributed by atoms with Gasteiger partial charge in [0, 0.05) is 25.1 Å². The second-order valence-electron chi connectivity index (χ2n) is 3.47. The molecular weight excluding hydrogens is 254 g/mol. The topological polar surface area (TPSA) is 82.7 Å². The zero-order valence-corrected chi connectivity index (χ0v) is 10.5. The molecule has 0 aliphatic heterocycles. The monoisotopic (exact) mass is 265 g/mol. The lowest BCUT2D eigenvalue weighted by molar-refractivity contribution is 0.102. The molecular formula is C11H12ClN5O. The van der Waals surface area contributed by atoms with Gasteiger partial charge in [-0.3, -0.25) is 10.1 Å². The first kappa shape index (κ1) is 12.4. The molecule has 0 fully saturated rings. The highest BCUT2D eigenvalue weighted by Gasteiger charge is 2.13. The molecule has 0 aromatic carbocycles. The third-order valence-corrected chi connectivity index (χ3v) is 2.49. The fraction of sp³-hybridized carbons (Fsp3) is 0.182. The van der Waals surface area contributed by atoms with Gasteiger partial charge in [-0.2, -0.15) is 0 Å². The van der Waals surface area contributed by atoms with Gasteiger partial charge in [-0.25, -0.2) is 9.97 Å². The Kier molecular flexibility index (Phi) is 3.78. The van der Waals surface area contributed by atoms with Crippen molar-refractivity contribution in [2.24, 2.45) is 0 Å². The van der Waals surface area contributed by atoms with E-state index in [1.54, 1.807) is 18.5 Å². The Morgan fingerprint density at radius 1 is 1.50 bits per heavy atom. The number of nitrogens with one attached hydrogen (secondary N) is 3. The highest BCUT2D eigenvalue weighted by Crippen LogP contribution is 2.18. The van der Waals surface area contributed by atoms with Crippen LogP contribution in [0, 0.1) is 0 Å². The quantitative estimate of drug-likeness (QED) is 0.791. The standard InChI is InChI=1S/C11H12ClN5O/c1-2-13-9-5-7(8(12)6-16-9)10(18)17-11-14-3-4-15-11/h3-6H,2H2,1H3,(H,13,16)(H2,14,15,17,18). The van der Waals surface area contributed by atoms with Crippen molar-refractivity contribution in [3.63, 3.8) is 0 Å². The summed E-state index contributed by atoms with van der Waals surface area (Å²) in [5.41, 5.74) is 0.346. The maximum atomic E-state index is 12.0. The maximum Gasteiger partial charge on any atom is 0.259 e. The first-order valence-electron chi connectivity index (χ1n) is 5.41. The van der Waals surface area contributed by atoms with Gasteiger partial charge in [0.2, 0.25) is 5.95 Å². The number of amides is 1. The molecule has 7 heteroatoms. The first-order valence-corrected chi connectivity index (χ1v) is 5.78. The molecule has 6 nitrogen and oxygen atoms in total. The number of hydrogen-bond donors (Lipinski definition) is 3. The van der Waals surface area contributed by atoms with E-state index in [1.165, 1.54) is 6.20 Å². The lowest BCUT2D eigenvalue weighted by atomic mass is 10.2. The van der Waals surface area contributed by atoms with Crippen LogP contribution in [0.2, 0.25) is 5.02 Å².